The summed E-state index contributed by atoms with van der Waals surface area (Å²) in [6.45, 7) is -0.128. The molecule has 20 heavy (non-hydrogen) atoms. The van der Waals surface area contributed by atoms with E-state index in [1.54, 1.807) is 18.3 Å². The van der Waals surface area contributed by atoms with Crippen LogP contribution in [0.2, 0.25) is 0 Å². The number of rotatable bonds is 7. The first-order valence-corrected chi connectivity index (χ1v) is 6.17. The first kappa shape index (κ1) is 13.8. The molecular formula is C14H15N3O3. The number of nitrogens with zero attached hydrogens (tertiary/aromatic N) is 1. The van der Waals surface area contributed by atoms with Crippen molar-refractivity contribution in [3.05, 3.63) is 48.5 Å². The Morgan fingerprint density at radius 3 is 2.85 bits per heavy atom. The van der Waals surface area contributed by atoms with Gasteiger partial charge in [-0.25, -0.2) is 4.98 Å². The van der Waals surface area contributed by atoms with Gasteiger partial charge in [0.05, 0.1) is 12.4 Å². The van der Waals surface area contributed by atoms with Crippen LogP contribution in [0.25, 0.3) is 0 Å². The van der Waals surface area contributed by atoms with Crippen LogP contribution < -0.4 is 10.1 Å². The average Bonchev–Trinajstić information content (AvgIpc) is 2.98. The van der Waals surface area contributed by atoms with Crippen LogP contribution in [0.5, 0.6) is 5.75 Å². The minimum atomic E-state index is -0.595. The lowest BCUT2D eigenvalue weighted by atomic mass is 10.2. The topological polar surface area (TPSA) is 84.1 Å². The molecule has 0 aliphatic heterocycles. The van der Waals surface area contributed by atoms with E-state index >= 15 is 0 Å². The predicted molar refractivity (Wildman–Crippen MR) is 72.2 cm³/mol. The second-order valence-corrected chi connectivity index (χ2v) is 4.19. The van der Waals surface area contributed by atoms with Gasteiger partial charge in [-0.3, -0.25) is 4.79 Å². The summed E-state index contributed by atoms with van der Waals surface area (Å²) in [5, 5.41) is 2.60. The van der Waals surface area contributed by atoms with Gasteiger partial charge in [-0.15, -0.1) is 0 Å². The van der Waals surface area contributed by atoms with E-state index in [0.29, 0.717) is 18.5 Å². The van der Waals surface area contributed by atoms with Crippen LogP contribution in [0.3, 0.4) is 0 Å². The first-order chi connectivity index (χ1) is 9.78. The summed E-state index contributed by atoms with van der Waals surface area (Å²) < 4.78 is 5.30. The Kier molecular flexibility index (Phi) is 4.88. The number of para-hydroxylation sites is 1. The highest BCUT2D eigenvalue weighted by Gasteiger charge is 2.13. The standard InChI is InChI=1S/C14H15N3O3/c18-8-12(6-11-7-15-10-16-11)17-14(19)9-20-13-4-2-1-3-5-13/h1-5,7-8,10,12H,6,9H2,(H,15,16)(H,17,19)/t12-/m0/s1. The van der Waals surface area contributed by atoms with Gasteiger partial charge in [0.25, 0.3) is 5.91 Å². The number of benzene rings is 1. The summed E-state index contributed by atoms with van der Waals surface area (Å²) in [5.74, 6) is 0.268. The molecule has 0 saturated heterocycles. The molecule has 0 spiro atoms. The number of H-pyrrole nitrogens is 1. The monoisotopic (exact) mass is 273 g/mol. The minimum absolute atomic E-state index is 0.128. The Balaban J connectivity index is 1.79. The van der Waals surface area contributed by atoms with Crippen LogP contribution in [0.15, 0.2) is 42.9 Å². The lowest BCUT2D eigenvalue weighted by Crippen LogP contribution is -2.40. The summed E-state index contributed by atoms with van der Waals surface area (Å²) >= 11 is 0. The number of carbonyl (C=O) groups is 2. The number of nitrogens with one attached hydrogen (secondary N) is 2. The summed E-state index contributed by atoms with van der Waals surface area (Å²) in [7, 11) is 0. The molecule has 1 heterocycles. The Morgan fingerprint density at radius 1 is 1.40 bits per heavy atom. The van der Waals surface area contributed by atoms with E-state index in [1.165, 1.54) is 6.33 Å². The molecule has 1 aromatic heterocycles. The van der Waals surface area contributed by atoms with E-state index in [9.17, 15) is 9.59 Å². The molecule has 6 nitrogen and oxygen atoms in total. The smallest absolute Gasteiger partial charge is 0.258 e. The maximum atomic E-state index is 11.7. The quantitative estimate of drug-likeness (QED) is 0.728. The maximum Gasteiger partial charge on any atom is 0.258 e. The number of imidazole rings is 1. The van der Waals surface area contributed by atoms with Gasteiger partial charge >= 0.3 is 0 Å². The maximum absolute atomic E-state index is 11.7. The molecule has 6 heteroatoms. The van der Waals surface area contributed by atoms with Crippen molar-refractivity contribution in [2.24, 2.45) is 0 Å². The highest BCUT2D eigenvalue weighted by Crippen LogP contribution is 2.07. The molecule has 0 aliphatic carbocycles. The highest BCUT2D eigenvalue weighted by atomic mass is 16.5. The third-order valence-corrected chi connectivity index (χ3v) is 2.62. The number of ether oxygens (including phenoxy) is 1. The van der Waals surface area contributed by atoms with Gasteiger partial charge in [0, 0.05) is 18.3 Å². The number of hydrogen-bond acceptors (Lipinski definition) is 4. The molecule has 104 valence electrons. The van der Waals surface area contributed by atoms with E-state index in [2.05, 4.69) is 15.3 Å². The van der Waals surface area contributed by atoms with Gasteiger partial charge in [-0.2, -0.15) is 0 Å². The largest absolute Gasteiger partial charge is 0.484 e. The van der Waals surface area contributed by atoms with Crippen molar-refractivity contribution < 1.29 is 14.3 Å². The second kappa shape index (κ2) is 7.08. The molecule has 0 saturated carbocycles. The number of amides is 1. The van der Waals surface area contributed by atoms with E-state index in [0.717, 1.165) is 5.69 Å². The number of aromatic amines is 1. The van der Waals surface area contributed by atoms with E-state index in [-0.39, 0.29) is 12.5 Å². The zero-order chi connectivity index (χ0) is 14.2. The molecule has 2 rings (SSSR count). The molecule has 1 aromatic carbocycles. The summed E-state index contributed by atoms with van der Waals surface area (Å²) in [4.78, 5) is 29.4. The van der Waals surface area contributed by atoms with Crippen molar-refractivity contribution >= 4 is 12.2 Å². The SMILES string of the molecule is O=C[C@H](Cc1cnc[nH]1)NC(=O)COc1ccccc1. The third kappa shape index (κ3) is 4.24. The van der Waals surface area contributed by atoms with Crippen molar-refractivity contribution in [1.82, 2.24) is 15.3 Å². The van der Waals surface area contributed by atoms with E-state index in [4.69, 9.17) is 4.74 Å². The summed E-state index contributed by atoms with van der Waals surface area (Å²) in [5.41, 5.74) is 0.784. The molecule has 0 unspecified atom stereocenters. The van der Waals surface area contributed by atoms with Crippen molar-refractivity contribution in [3.8, 4) is 5.75 Å². The number of hydrogen-bond donors (Lipinski definition) is 2. The number of aromatic nitrogens is 2. The first-order valence-electron chi connectivity index (χ1n) is 6.17. The highest BCUT2D eigenvalue weighted by molar-refractivity contribution is 5.81. The Hall–Kier alpha value is -2.63. The van der Waals surface area contributed by atoms with Crippen LogP contribution >= 0.6 is 0 Å². The Labute approximate surface area is 116 Å². The predicted octanol–water partition coefficient (Wildman–Crippen LogP) is 0.715. The Bertz CT molecular complexity index is 540. The van der Waals surface area contributed by atoms with Crippen LogP contribution in [-0.4, -0.2) is 34.8 Å². The molecule has 1 amide bonds. The van der Waals surface area contributed by atoms with E-state index in [1.807, 2.05) is 18.2 Å². The fourth-order valence-corrected chi connectivity index (χ4v) is 1.68. The second-order valence-electron chi connectivity index (χ2n) is 4.19. The van der Waals surface area contributed by atoms with E-state index < -0.39 is 6.04 Å². The van der Waals surface area contributed by atoms with Crippen molar-refractivity contribution in [2.75, 3.05) is 6.61 Å². The number of carbonyl (C=O) groups excluding carboxylic acids is 2. The van der Waals surface area contributed by atoms with Crippen LogP contribution in [0.4, 0.5) is 0 Å². The van der Waals surface area contributed by atoms with Crippen LogP contribution in [0.1, 0.15) is 5.69 Å². The molecule has 0 fully saturated rings. The lowest BCUT2D eigenvalue weighted by Gasteiger charge is -2.12. The van der Waals surface area contributed by atoms with Crippen molar-refractivity contribution in [3.63, 3.8) is 0 Å². The normalized spacial score (nSPS) is 11.6. The minimum Gasteiger partial charge on any atom is -0.484 e. The molecular weight excluding hydrogens is 258 g/mol. The van der Waals surface area contributed by atoms with Crippen LogP contribution in [0, 0.1) is 0 Å². The van der Waals surface area contributed by atoms with Gasteiger partial charge in [-0.05, 0) is 12.1 Å². The molecule has 0 aliphatic rings. The lowest BCUT2D eigenvalue weighted by molar-refractivity contribution is -0.125. The fraction of sp³-hybridized carbons (Fsp3) is 0.214. The summed E-state index contributed by atoms with van der Waals surface area (Å²) in [6, 6.07) is 8.42. The Morgan fingerprint density at radius 2 is 2.20 bits per heavy atom. The fourth-order valence-electron chi connectivity index (χ4n) is 1.68. The van der Waals surface area contributed by atoms with Gasteiger partial charge in [0.15, 0.2) is 6.61 Å². The molecule has 0 radical (unpaired) electrons. The zero-order valence-corrected chi connectivity index (χ0v) is 10.8. The van der Waals surface area contributed by atoms with Crippen molar-refractivity contribution in [2.45, 2.75) is 12.5 Å². The van der Waals surface area contributed by atoms with Gasteiger partial charge < -0.3 is 19.8 Å². The molecule has 2 aromatic rings. The molecule has 1 atom stereocenters. The third-order valence-electron chi connectivity index (χ3n) is 2.62. The summed E-state index contributed by atoms with van der Waals surface area (Å²) in [6.07, 6.45) is 4.21. The van der Waals surface area contributed by atoms with Crippen molar-refractivity contribution in [1.29, 1.82) is 0 Å². The van der Waals surface area contributed by atoms with Gasteiger partial charge in [-0.1, -0.05) is 18.2 Å². The van der Waals surface area contributed by atoms with Gasteiger partial charge in [0.1, 0.15) is 12.0 Å². The average molecular weight is 273 g/mol. The molecule has 2 N–H and O–H groups in total. The van der Waals surface area contributed by atoms with Gasteiger partial charge in [0.2, 0.25) is 0 Å². The number of aldehydes is 1. The zero-order valence-electron chi connectivity index (χ0n) is 10.8. The molecule has 0 bridgehead atoms. The van der Waals surface area contributed by atoms with Crippen LogP contribution in [-0.2, 0) is 16.0 Å².